The molecule has 0 fully saturated rings. The molecule has 0 aliphatic carbocycles. The van der Waals surface area contributed by atoms with Crippen molar-refractivity contribution in [2.24, 2.45) is 0 Å². The second-order valence-electron chi connectivity index (χ2n) is 5.74. The zero-order valence-corrected chi connectivity index (χ0v) is 21.7. The molecule has 2 aromatic heterocycles. The molecule has 0 atom stereocenters. The SMILES string of the molecule is O.O=C([O-])c1ccccc1.O=C([O-])c1ccccc1.[Cd+2].[OH3+].c1ccc(-c2ccccn2)nc1. The van der Waals surface area contributed by atoms with Gasteiger partial charge in [0, 0.05) is 12.4 Å². The summed E-state index contributed by atoms with van der Waals surface area (Å²) in [6.45, 7) is 0. The quantitative estimate of drug-likeness (QED) is 0.267. The number of pyridine rings is 2. The molecule has 0 unspecified atom stereocenters. The summed E-state index contributed by atoms with van der Waals surface area (Å²) in [4.78, 5) is 28.6. The molecule has 4 rings (SSSR count). The van der Waals surface area contributed by atoms with E-state index in [1.807, 2.05) is 36.4 Å². The van der Waals surface area contributed by atoms with Crippen LogP contribution in [0.5, 0.6) is 0 Å². The molecule has 9 heteroatoms. The summed E-state index contributed by atoms with van der Waals surface area (Å²) in [5.41, 5.74) is 2.27. The first-order valence-electron chi connectivity index (χ1n) is 8.93. The van der Waals surface area contributed by atoms with Crippen LogP contribution < -0.4 is 10.2 Å². The minimum absolute atomic E-state index is 0. The summed E-state index contributed by atoms with van der Waals surface area (Å²) in [5, 5.41) is 20.2. The zero-order chi connectivity index (χ0) is 21.6. The number of rotatable bonds is 3. The summed E-state index contributed by atoms with van der Waals surface area (Å²) in [6, 6.07) is 27.7. The Hall–Kier alpha value is -3.48. The summed E-state index contributed by atoms with van der Waals surface area (Å²) < 4.78 is 0. The van der Waals surface area contributed by atoms with Gasteiger partial charge in [-0.1, -0.05) is 72.8 Å². The van der Waals surface area contributed by atoms with Crippen LogP contribution in [-0.4, -0.2) is 27.4 Å². The molecule has 0 amide bonds. The van der Waals surface area contributed by atoms with E-state index in [4.69, 9.17) is 0 Å². The third kappa shape index (κ3) is 12.2. The van der Waals surface area contributed by atoms with Gasteiger partial charge in [-0.15, -0.1) is 0 Å². The van der Waals surface area contributed by atoms with Gasteiger partial charge in [-0.25, -0.2) is 0 Å². The number of benzene rings is 2. The fourth-order valence-electron chi connectivity index (χ4n) is 2.18. The van der Waals surface area contributed by atoms with E-state index in [1.54, 1.807) is 48.8 Å². The van der Waals surface area contributed by atoms with E-state index in [2.05, 4.69) is 9.97 Å². The normalized spacial score (nSPS) is 8.36. The molecule has 0 bridgehead atoms. The minimum atomic E-state index is -1.13. The van der Waals surface area contributed by atoms with Crippen LogP contribution in [0.4, 0.5) is 0 Å². The van der Waals surface area contributed by atoms with E-state index in [0.29, 0.717) is 0 Å². The summed E-state index contributed by atoms with van der Waals surface area (Å²) >= 11 is 0. The zero-order valence-electron chi connectivity index (χ0n) is 17.7. The first-order valence-corrected chi connectivity index (χ1v) is 8.93. The third-order valence-electron chi connectivity index (χ3n) is 3.61. The maximum absolute atomic E-state index is 10.1. The number of carboxylic acids is 2. The Morgan fingerprint density at radius 1 is 0.545 bits per heavy atom. The molecule has 0 aliphatic rings. The van der Waals surface area contributed by atoms with Crippen LogP contribution in [0.25, 0.3) is 11.4 Å². The van der Waals surface area contributed by atoms with Crippen molar-refractivity contribution in [2.45, 2.75) is 0 Å². The maximum Gasteiger partial charge on any atom is 2.00 e. The number of aromatic carboxylic acids is 2. The number of hydrogen-bond donors (Lipinski definition) is 0. The number of nitrogens with zero attached hydrogens (tertiary/aromatic N) is 2. The van der Waals surface area contributed by atoms with Gasteiger partial charge < -0.3 is 30.8 Å². The van der Waals surface area contributed by atoms with Crippen molar-refractivity contribution in [1.29, 1.82) is 0 Å². The molecule has 2 heterocycles. The fourth-order valence-corrected chi connectivity index (χ4v) is 2.18. The number of aromatic nitrogens is 2. The average molecular weight is 548 g/mol. The number of carboxylic acid groups (broad SMARTS) is 2. The molecular formula is C24H23CdN2O6+. The second-order valence-corrected chi connectivity index (χ2v) is 5.74. The van der Waals surface area contributed by atoms with Gasteiger partial charge >= 0.3 is 27.3 Å². The third-order valence-corrected chi connectivity index (χ3v) is 3.61. The van der Waals surface area contributed by atoms with Crippen LogP contribution in [0, 0.1) is 0 Å². The number of carbonyl (C=O) groups excluding carboxylic acids is 2. The predicted octanol–water partition coefficient (Wildman–Crippen LogP) is 0.495. The van der Waals surface area contributed by atoms with Gasteiger partial charge in [-0.05, 0) is 35.4 Å². The van der Waals surface area contributed by atoms with Crippen molar-refractivity contribution in [1.82, 2.24) is 9.97 Å². The smallest absolute Gasteiger partial charge is 0.545 e. The van der Waals surface area contributed by atoms with Gasteiger partial charge in [0.1, 0.15) is 0 Å². The Balaban J connectivity index is 0. The van der Waals surface area contributed by atoms with E-state index in [-0.39, 0.29) is 49.4 Å². The van der Waals surface area contributed by atoms with Crippen molar-refractivity contribution in [3.05, 3.63) is 121 Å². The molecule has 5 N–H and O–H groups in total. The second kappa shape index (κ2) is 18.1. The Kier molecular flexibility index (Phi) is 17.4. The fraction of sp³-hybridized carbons (Fsp3) is 0. The van der Waals surface area contributed by atoms with E-state index < -0.39 is 11.9 Å². The molecule has 4 aromatic rings. The van der Waals surface area contributed by atoms with E-state index in [9.17, 15) is 19.8 Å². The average Bonchev–Trinajstić information content (AvgIpc) is 2.82. The van der Waals surface area contributed by atoms with Gasteiger partial charge in [0.25, 0.3) is 0 Å². The molecule has 0 spiro atoms. The standard InChI is InChI=1S/C10H8N2.2C7H6O2.Cd.2H2O/c1-3-7-11-9(5-1)10-6-2-4-8-12-10;2*8-7(9)6-4-2-1-3-5-6;;;/h1-8H;2*1-5H,(H,8,9);;2*1H2/q;;;+2;;/p-1. The van der Waals surface area contributed by atoms with Crippen molar-refractivity contribution < 1.29 is 58.1 Å². The molecule has 0 saturated heterocycles. The Morgan fingerprint density at radius 3 is 1.06 bits per heavy atom. The van der Waals surface area contributed by atoms with Crippen molar-refractivity contribution in [2.75, 3.05) is 0 Å². The first kappa shape index (κ1) is 31.7. The van der Waals surface area contributed by atoms with E-state index in [0.717, 1.165) is 11.4 Å². The molecule has 0 aliphatic heterocycles. The van der Waals surface area contributed by atoms with Gasteiger partial charge in [-0.3, -0.25) is 9.97 Å². The van der Waals surface area contributed by atoms with Gasteiger partial charge in [0.15, 0.2) is 0 Å². The summed E-state index contributed by atoms with van der Waals surface area (Å²) in [7, 11) is 0. The molecule has 166 valence electrons. The van der Waals surface area contributed by atoms with Crippen LogP contribution >= 0.6 is 0 Å². The molecular weight excluding hydrogens is 525 g/mol. The van der Waals surface area contributed by atoms with Crippen LogP contribution in [0.15, 0.2) is 109 Å². The van der Waals surface area contributed by atoms with Crippen molar-refractivity contribution in [3.63, 3.8) is 0 Å². The Labute approximate surface area is 211 Å². The minimum Gasteiger partial charge on any atom is -0.545 e. The topological polar surface area (TPSA) is 171 Å². The molecule has 33 heavy (non-hydrogen) atoms. The Bertz CT molecular complexity index is 951. The molecule has 0 radical (unpaired) electrons. The largest absolute Gasteiger partial charge is 2.00 e. The van der Waals surface area contributed by atoms with Gasteiger partial charge in [0.05, 0.1) is 23.3 Å². The first-order chi connectivity index (χ1) is 14.6. The maximum atomic E-state index is 10.1. The molecule has 8 nitrogen and oxygen atoms in total. The van der Waals surface area contributed by atoms with E-state index in [1.165, 1.54) is 24.3 Å². The van der Waals surface area contributed by atoms with Crippen LogP contribution in [-0.2, 0) is 32.8 Å². The van der Waals surface area contributed by atoms with Gasteiger partial charge in [0.2, 0.25) is 0 Å². The molecule has 0 saturated carbocycles. The van der Waals surface area contributed by atoms with Crippen LogP contribution in [0.2, 0.25) is 0 Å². The van der Waals surface area contributed by atoms with Crippen LogP contribution in [0.3, 0.4) is 0 Å². The van der Waals surface area contributed by atoms with Crippen molar-refractivity contribution in [3.8, 4) is 11.4 Å². The monoisotopic (exact) mass is 549 g/mol. The number of carbonyl (C=O) groups is 2. The summed E-state index contributed by atoms with van der Waals surface area (Å²) in [6.07, 6.45) is 3.54. The van der Waals surface area contributed by atoms with Gasteiger partial charge in [-0.2, -0.15) is 0 Å². The van der Waals surface area contributed by atoms with E-state index >= 15 is 0 Å². The van der Waals surface area contributed by atoms with Crippen molar-refractivity contribution >= 4 is 11.9 Å². The summed E-state index contributed by atoms with van der Waals surface area (Å²) in [5.74, 6) is -2.26. The van der Waals surface area contributed by atoms with Crippen LogP contribution in [0.1, 0.15) is 20.7 Å². The predicted molar refractivity (Wildman–Crippen MR) is 117 cm³/mol. The number of hydrogen-bond acceptors (Lipinski definition) is 6. The molecule has 2 aromatic carbocycles. The Morgan fingerprint density at radius 2 is 0.848 bits per heavy atom.